The van der Waals surface area contributed by atoms with E-state index in [9.17, 15) is 4.79 Å². The Kier molecular flexibility index (Phi) is 7.01. The first-order valence-corrected chi connectivity index (χ1v) is 5.59. The van der Waals surface area contributed by atoms with Gasteiger partial charge in [0.25, 0.3) is 0 Å². The van der Waals surface area contributed by atoms with Crippen molar-refractivity contribution in [3.8, 4) is 0 Å². The van der Waals surface area contributed by atoms with Crippen LogP contribution in [-0.4, -0.2) is 25.4 Å². The molecule has 0 aromatic carbocycles. The van der Waals surface area contributed by atoms with Gasteiger partial charge in [0, 0.05) is 19.2 Å². The SMILES string of the molecule is CCC(=O)N/C(=C/C(C)(C)OCOC)CC. The molecule has 0 heterocycles. The molecule has 4 nitrogen and oxygen atoms in total. The van der Waals surface area contributed by atoms with Gasteiger partial charge in [0.05, 0.1) is 5.60 Å². The lowest BCUT2D eigenvalue weighted by Crippen LogP contribution is -2.28. The average Bonchev–Trinajstić information content (AvgIpc) is 2.25. The molecule has 0 saturated carbocycles. The van der Waals surface area contributed by atoms with Crippen molar-refractivity contribution in [1.29, 1.82) is 0 Å². The standard InChI is InChI=1S/C12H23NO3/c1-6-10(13-11(14)7-2)8-12(3,4)16-9-15-5/h8H,6-7,9H2,1-5H3,(H,13,14)/b10-8+. The van der Waals surface area contributed by atoms with Crippen molar-refractivity contribution in [2.24, 2.45) is 0 Å². The molecular weight excluding hydrogens is 206 g/mol. The van der Waals surface area contributed by atoms with Gasteiger partial charge in [0.15, 0.2) is 0 Å². The molecule has 0 spiro atoms. The van der Waals surface area contributed by atoms with Crippen molar-refractivity contribution < 1.29 is 14.3 Å². The van der Waals surface area contributed by atoms with E-state index in [-0.39, 0.29) is 12.7 Å². The monoisotopic (exact) mass is 229 g/mol. The first-order chi connectivity index (χ1) is 7.45. The summed E-state index contributed by atoms with van der Waals surface area (Å²) < 4.78 is 10.3. The molecule has 0 radical (unpaired) electrons. The molecule has 1 amide bonds. The number of methoxy groups -OCH3 is 1. The van der Waals surface area contributed by atoms with Crippen LogP contribution < -0.4 is 5.32 Å². The van der Waals surface area contributed by atoms with Gasteiger partial charge in [-0.1, -0.05) is 13.8 Å². The number of hydrogen-bond acceptors (Lipinski definition) is 3. The van der Waals surface area contributed by atoms with Crippen molar-refractivity contribution in [3.05, 3.63) is 11.8 Å². The molecule has 0 fully saturated rings. The quantitative estimate of drug-likeness (QED) is 0.681. The van der Waals surface area contributed by atoms with Gasteiger partial charge in [-0.15, -0.1) is 0 Å². The van der Waals surface area contributed by atoms with Crippen molar-refractivity contribution in [1.82, 2.24) is 5.32 Å². The van der Waals surface area contributed by atoms with Crippen LogP contribution in [0.1, 0.15) is 40.5 Å². The summed E-state index contributed by atoms with van der Waals surface area (Å²) in [5, 5.41) is 2.85. The van der Waals surface area contributed by atoms with Crippen LogP contribution in [0, 0.1) is 0 Å². The largest absolute Gasteiger partial charge is 0.359 e. The molecule has 0 aliphatic heterocycles. The highest BCUT2D eigenvalue weighted by atomic mass is 16.7. The Hall–Kier alpha value is -0.870. The van der Waals surface area contributed by atoms with Gasteiger partial charge < -0.3 is 14.8 Å². The third-order valence-electron chi connectivity index (χ3n) is 2.07. The zero-order valence-electron chi connectivity index (χ0n) is 10.9. The number of ether oxygens (including phenoxy) is 2. The summed E-state index contributed by atoms with van der Waals surface area (Å²) in [5.41, 5.74) is 0.440. The van der Waals surface area contributed by atoms with Crippen molar-refractivity contribution in [2.45, 2.75) is 46.1 Å². The van der Waals surface area contributed by atoms with Gasteiger partial charge in [-0.25, -0.2) is 0 Å². The van der Waals surface area contributed by atoms with E-state index in [4.69, 9.17) is 9.47 Å². The Bertz CT molecular complexity index is 247. The van der Waals surface area contributed by atoms with E-state index in [0.29, 0.717) is 6.42 Å². The first kappa shape index (κ1) is 15.1. The predicted octanol–water partition coefficient (Wildman–Crippen LogP) is 2.21. The van der Waals surface area contributed by atoms with E-state index >= 15 is 0 Å². The third-order valence-corrected chi connectivity index (χ3v) is 2.07. The molecule has 4 heteroatoms. The summed E-state index contributed by atoms with van der Waals surface area (Å²) in [6, 6.07) is 0. The van der Waals surface area contributed by atoms with Gasteiger partial charge in [-0.2, -0.15) is 0 Å². The molecule has 0 aliphatic carbocycles. The molecule has 0 saturated heterocycles. The van der Waals surface area contributed by atoms with Crippen LogP contribution in [-0.2, 0) is 14.3 Å². The second-order valence-corrected chi connectivity index (χ2v) is 4.08. The van der Waals surface area contributed by atoms with Crippen molar-refractivity contribution >= 4 is 5.91 Å². The number of rotatable bonds is 7. The van der Waals surface area contributed by atoms with Crippen molar-refractivity contribution in [3.63, 3.8) is 0 Å². The minimum absolute atomic E-state index is 0.0237. The number of carbonyl (C=O) groups excluding carboxylic acids is 1. The molecule has 0 atom stereocenters. The van der Waals surface area contributed by atoms with Crippen molar-refractivity contribution in [2.75, 3.05) is 13.9 Å². The molecule has 94 valence electrons. The molecule has 0 aromatic heterocycles. The number of amides is 1. The number of carbonyl (C=O) groups is 1. The van der Waals surface area contributed by atoms with Crippen LogP contribution in [0.4, 0.5) is 0 Å². The maximum Gasteiger partial charge on any atom is 0.223 e. The molecule has 0 rings (SSSR count). The van der Waals surface area contributed by atoms with Crippen LogP contribution >= 0.6 is 0 Å². The lowest BCUT2D eigenvalue weighted by molar-refractivity contribution is -0.120. The summed E-state index contributed by atoms with van der Waals surface area (Å²) in [7, 11) is 1.58. The minimum Gasteiger partial charge on any atom is -0.359 e. The zero-order chi connectivity index (χ0) is 12.6. The van der Waals surface area contributed by atoms with Crippen LogP contribution in [0.3, 0.4) is 0 Å². The minimum atomic E-state index is -0.442. The van der Waals surface area contributed by atoms with Gasteiger partial charge >= 0.3 is 0 Å². The van der Waals surface area contributed by atoms with Crippen LogP contribution in [0.15, 0.2) is 11.8 Å². The number of allylic oxidation sites excluding steroid dienone is 1. The lowest BCUT2D eigenvalue weighted by atomic mass is 10.1. The van der Waals surface area contributed by atoms with Gasteiger partial charge in [-0.3, -0.25) is 4.79 Å². The fourth-order valence-corrected chi connectivity index (χ4v) is 1.17. The molecular formula is C12H23NO3. The highest BCUT2D eigenvalue weighted by Crippen LogP contribution is 2.14. The topological polar surface area (TPSA) is 47.6 Å². The van der Waals surface area contributed by atoms with E-state index in [2.05, 4.69) is 5.32 Å². The summed E-state index contributed by atoms with van der Waals surface area (Å²) in [6.07, 6.45) is 3.17. The molecule has 0 unspecified atom stereocenters. The summed E-state index contributed by atoms with van der Waals surface area (Å²) in [4.78, 5) is 11.3. The maximum atomic E-state index is 11.3. The Labute approximate surface area is 98.0 Å². The number of hydrogen-bond donors (Lipinski definition) is 1. The van der Waals surface area contributed by atoms with Crippen LogP contribution in [0.25, 0.3) is 0 Å². The molecule has 1 N–H and O–H groups in total. The Balaban J connectivity index is 4.47. The summed E-state index contributed by atoms with van der Waals surface area (Å²) >= 11 is 0. The lowest BCUT2D eigenvalue weighted by Gasteiger charge is -2.22. The fraction of sp³-hybridized carbons (Fsp3) is 0.750. The summed E-state index contributed by atoms with van der Waals surface area (Å²) in [6.45, 7) is 7.92. The first-order valence-electron chi connectivity index (χ1n) is 5.59. The van der Waals surface area contributed by atoms with Gasteiger partial charge in [0.1, 0.15) is 6.79 Å². The predicted molar refractivity (Wildman–Crippen MR) is 63.8 cm³/mol. The van der Waals surface area contributed by atoms with Gasteiger partial charge in [0.2, 0.25) is 5.91 Å². The normalized spacial score (nSPS) is 12.7. The van der Waals surface area contributed by atoms with E-state index < -0.39 is 5.60 Å². The van der Waals surface area contributed by atoms with E-state index in [1.807, 2.05) is 33.8 Å². The van der Waals surface area contributed by atoms with E-state index in [0.717, 1.165) is 12.1 Å². The molecule has 0 bridgehead atoms. The van der Waals surface area contributed by atoms with Crippen LogP contribution in [0.5, 0.6) is 0 Å². The maximum absolute atomic E-state index is 11.3. The van der Waals surface area contributed by atoms with Crippen LogP contribution in [0.2, 0.25) is 0 Å². The third kappa shape index (κ3) is 6.58. The zero-order valence-corrected chi connectivity index (χ0v) is 10.9. The Morgan fingerprint density at radius 1 is 1.31 bits per heavy atom. The second kappa shape index (κ2) is 7.41. The fourth-order valence-electron chi connectivity index (χ4n) is 1.17. The molecule has 0 aromatic rings. The van der Waals surface area contributed by atoms with E-state index in [1.165, 1.54) is 0 Å². The highest BCUT2D eigenvalue weighted by Gasteiger charge is 2.16. The Morgan fingerprint density at radius 2 is 1.94 bits per heavy atom. The summed E-state index contributed by atoms with van der Waals surface area (Å²) in [5.74, 6) is 0.0237. The highest BCUT2D eigenvalue weighted by molar-refractivity contribution is 5.77. The average molecular weight is 229 g/mol. The van der Waals surface area contributed by atoms with E-state index in [1.54, 1.807) is 7.11 Å². The number of nitrogens with one attached hydrogen (secondary N) is 1. The van der Waals surface area contributed by atoms with Gasteiger partial charge in [-0.05, 0) is 26.3 Å². The molecule has 16 heavy (non-hydrogen) atoms. The molecule has 0 aliphatic rings. The second-order valence-electron chi connectivity index (χ2n) is 4.08. The smallest absolute Gasteiger partial charge is 0.223 e. The Morgan fingerprint density at radius 3 is 2.38 bits per heavy atom.